The molecule has 2 aromatic rings. The number of hydrogen-bond donors (Lipinski definition) is 0. The van der Waals surface area contributed by atoms with Crippen molar-refractivity contribution in [3.63, 3.8) is 0 Å². The normalized spacial score (nSPS) is 10.6. The van der Waals surface area contributed by atoms with Crippen LogP contribution in [0.2, 0.25) is 5.02 Å². The fraction of sp³-hybridized carbons (Fsp3) is 0.333. The van der Waals surface area contributed by atoms with Crippen LogP contribution in [0.1, 0.15) is 0 Å². The van der Waals surface area contributed by atoms with Crippen LogP contribution in [0.5, 0.6) is 11.6 Å². The summed E-state index contributed by atoms with van der Waals surface area (Å²) in [4.78, 5) is 8.48. The highest BCUT2D eigenvalue weighted by molar-refractivity contribution is 6.34. The summed E-state index contributed by atoms with van der Waals surface area (Å²) >= 11 is 6.05. The van der Waals surface area contributed by atoms with E-state index in [4.69, 9.17) is 25.8 Å². The summed E-state index contributed by atoms with van der Waals surface area (Å²) in [7, 11) is 3.14. The van der Waals surface area contributed by atoms with Crippen molar-refractivity contribution in [2.75, 3.05) is 27.4 Å². The van der Waals surface area contributed by atoms with Crippen LogP contribution in [-0.2, 0) is 4.74 Å². The molecule has 6 heteroatoms. The molecule has 0 saturated heterocycles. The van der Waals surface area contributed by atoms with Gasteiger partial charge in [0.1, 0.15) is 12.1 Å². The number of ether oxygens (including phenoxy) is 3. The summed E-state index contributed by atoms with van der Waals surface area (Å²) in [6.45, 7) is 0.908. The van der Waals surface area contributed by atoms with Crippen LogP contribution < -0.4 is 9.47 Å². The molecule has 2 aromatic heterocycles. The monoisotopic (exact) mass is 268 g/mol. The molecule has 0 radical (unpaired) electrons. The van der Waals surface area contributed by atoms with Gasteiger partial charge in [0.05, 0.1) is 24.3 Å². The molecule has 0 aromatic carbocycles. The predicted molar refractivity (Wildman–Crippen MR) is 68.5 cm³/mol. The minimum absolute atomic E-state index is 0.383. The summed E-state index contributed by atoms with van der Waals surface area (Å²) in [5, 5.41) is 0.529. The number of halogens is 1. The summed E-state index contributed by atoms with van der Waals surface area (Å²) < 4.78 is 15.6. The zero-order valence-corrected chi connectivity index (χ0v) is 10.9. The van der Waals surface area contributed by atoms with E-state index in [9.17, 15) is 0 Å². The molecule has 0 spiro atoms. The third kappa shape index (κ3) is 2.63. The number of aromatic nitrogens is 2. The highest BCUT2D eigenvalue weighted by Crippen LogP contribution is 2.30. The van der Waals surface area contributed by atoms with Gasteiger partial charge in [-0.25, -0.2) is 4.98 Å². The molecule has 2 heterocycles. The van der Waals surface area contributed by atoms with Crippen molar-refractivity contribution in [2.45, 2.75) is 0 Å². The quantitative estimate of drug-likeness (QED) is 0.779. The first-order valence-electron chi connectivity index (χ1n) is 5.37. The Bertz CT molecular complexity index is 548. The van der Waals surface area contributed by atoms with Gasteiger partial charge in [0.2, 0.25) is 0 Å². The second kappa shape index (κ2) is 5.84. The van der Waals surface area contributed by atoms with Crippen molar-refractivity contribution in [1.82, 2.24) is 9.97 Å². The molecule has 0 bridgehead atoms. The van der Waals surface area contributed by atoms with Gasteiger partial charge in [-0.05, 0) is 6.07 Å². The van der Waals surface area contributed by atoms with Gasteiger partial charge in [0.15, 0.2) is 5.75 Å². The van der Waals surface area contributed by atoms with E-state index in [0.717, 1.165) is 0 Å². The van der Waals surface area contributed by atoms with Crippen molar-refractivity contribution in [3.05, 3.63) is 23.4 Å². The Kier molecular flexibility index (Phi) is 4.17. The predicted octanol–water partition coefficient (Wildman–Crippen LogP) is 2.32. The summed E-state index contributed by atoms with van der Waals surface area (Å²) in [6.07, 6.45) is 1.62. The maximum atomic E-state index is 6.05. The second-order valence-electron chi connectivity index (χ2n) is 3.50. The standard InChI is InChI=1S/C12H13ClN2O3/c1-16-5-6-18-10-7-9-11(15-12(10)17-2)8(13)3-4-14-9/h3-4,7H,5-6H2,1-2H3. The summed E-state index contributed by atoms with van der Waals surface area (Å²) in [5.74, 6) is 0.908. The lowest BCUT2D eigenvalue weighted by atomic mass is 10.3. The molecule has 96 valence electrons. The molecule has 0 aliphatic rings. The van der Waals surface area contributed by atoms with Crippen LogP contribution in [0.15, 0.2) is 18.3 Å². The van der Waals surface area contributed by atoms with Gasteiger partial charge in [-0.2, -0.15) is 0 Å². The van der Waals surface area contributed by atoms with Gasteiger partial charge in [-0.3, -0.25) is 4.98 Å². The van der Waals surface area contributed by atoms with Gasteiger partial charge in [-0.15, -0.1) is 0 Å². The molecule has 2 rings (SSSR count). The Labute approximate surface area is 110 Å². The fourth-order valence-electron chi connectivity index (χ4n) is 1.49. The van der Waals surface area contributed by atoms with E-state index in [1.807, 2.05) is 0 Å². The average Bonchev–Trinajstić information content (AvgIpc) is 2.39. The van der Waals surface area contributed by atoms with Gasteiger partial charge >= 0.3 is 0 Å². The van der Waals surface area contributed by atoms with E-state index >= 15 is 0 Å². The molecular weight excluding hydrogens is 256 g/mol. The van der Waals surface area contributed by atoms with E-state index in [2.05, 4.69) is 9.97 Å². The topological polar surface area (TPSA) is 53.5 Å². The lowest BCUT2D eigenvalue weighted by Crippen LogP contribution is -2.06. The molecule has 0 saturated carbocycles. The summed E-state index contributed by atoms with van der Waals surface area (Å²) in [5.41, 5.74) is 1.26. The van der Waals surface area contributed by atoms with E-state index in [1.165, 1.54) is 7.11 Å². The number of rotatable bonds is 5. The lowest BCUT2D eigenvalue weighted by Gasteiger charge is -2.10. The molecule has 0 fully saturated rings. The van der Waals surface area contributed by atoms with Gasteiger partial charge < -0.3 is 14.2 Å². The number of methoxy groups -OCH3 is 2. The van der Waals surface area contributed by atoms with Crippen molar-refractivity contribution in [3.8, 4) is 11.6 Å². The van der Waals surface area contributed by atoms with Gasteiger partial charge in [-0.1, -0.05) is 11.6 Å². The SMILES string of the molecule is COCCOc1cc2nccc(Cl)c2nc1OC. The van der Waals surface area contributed by atoms with E-state index in [-0.39, 0.29) is 0 Å². The zero-order chi connectivity index (χ0) is 13.0. The first kappa shape index (κ1) is 12.9. The highest BCUT2D eigenvalue weighted by atomic mass is 35.5. The van der Waals surface area contributed by atoms with Crippen LogP contribution in [0.3, 0.4) is 0 Å². The largest absolute Gasteiger partial charge is 0.485 e. The molecule has 0 aliphatic carbocycles. The first-order chi connectivity index (χ1) is 8.76. The van der Waals surface area contributed by atoms with E-state index < -0.39 is 0 Å². The number of fused-ring (bicyclic) bond motifs is 1. The van der Waals surface area contributed by atoms with Gasteiger partial charge in [0, 0.05) is 19.4 Å². The number of nitrogens with zero attached hydrogens (tertiary/aromatic N) is 2. The third-order valence-electron chi connectivity index (χ3n) is 2.33. The maximum absolute atomic E-state index is 6.05. The molecule has 5 nitrogen and oxygen atoms in total. The fourth-order valence-corrected chi connectivity index (χ4v) is 1.68. The zero-order valence-electron chi connectivity index (χ0n) is 10.1. The second-order valence-corrected chi connectivity index (χ2v) is 3.90. The van der Waals surface area contributed by atoms with E-state index in [0.29, 0.717) is 40.9 Å². The molecule has 0 unspecified atom stereocenters. The van der Waals surface area contributed by atoms with Gasteiger partial charge in [0.25, 0.3) is 5.88 Å². The minimum Gasteiger partial charge on any atom is -0.485 e. The smallest absolute Gasteiger partial charge is 0.257 e. The third-order valence-corrected chi connectivity index (χ3v) is 2.64. The Morgan fingerprint density at radius 1 is 1.28 bits per heavy atom. The maximum Gasteiger partial charge on any atom is 0.257 e. The van der Waals surface area contributed by atoms with Crippen LogP contribution in [-0.4, -0.2) is 37.4 Å². The Balaban J connectivity index is 2.39. The van der Waals surface area contributed by atoms with Crippen molar-refractivity contribution < 1.29 is 14.2 Å². The Hall–Kier alpha value is -1.59. The van der Waals surface area contributed by atoms with Crippen LogP contribution in [0.25, 0.3) is 11.0 Å². The lowest BCUT2D eigenvalue weighted by molar-refractivity contribution is 0.144. The van der Waals surface area contributed by atoms with Crippen molar-refractivity contribution in [1.29, 1.82) is 0 Å². The minimum atomic E-state index is 0.383. The Morgan fingerprint density at radius 2 is 2.11 bits per heavy atom. The van der Waals surface area contributed by atoms with E-state index in [1.54, 1.807) is 25.4 Å². The molecule has 0 atom stereocenters. The Morgan fingerprint density at radius 3 is 2.83 bits per heavy atom. The number of pyridine rings is 2. The first-order valence-corrected chi connectivity index (χ1v) is 5.75. The van der Waals surface area contributed by atoms with Crippen molar-refractivity contribution in [2.24, 2.45) is 0 Å². The number of hydrogen-bond acceptors (Lipinski definition) is 5. The summed E-state index contributed by atoms with van der Waals surface area (Å²) in [6, 6.07) is 3.44. The molecule has 0 aliphatic heterocycles. The van der Waals surface area contributed by atoms with Crippen LogP contribution >= 0.6 is 11.6 Å². The van der Waals surface area contributed by atoms with Crippen LogP contribution in [0, 0.1) is 0 Å². The molecule has 0 amide bonds. The molecular formula is C12H13ClN2O3. The molecule has 0 N–H and O–H groups in total. The van der Waals surface area contributed by atoms with Crippen molar-refractivity contribution >= 4 is 22.6 Å². The highest BCUT2D eigenvalue weighted by Gasteiger charge is 2.11. The average molecular weight is 269 g/mol. The molecule has 18 heavy (non-hydrogen) atoms. The van der Waals surface area contributed by atoms with Crippen LogP contribution in [0.4, 0.5) is 0 Å².